The molecule has 2 atom stereocenters. The molecule has 0 amide bonds. The minimum Gasteiger partial charge on any atom is -0.319 e. The molecule has 2 fully saturated rings. The van der Waals surface area contributed by atoms with E-state index < -0.39 is 11.6 Å². The molecule has 1 N–H and O–H groups in total. The number of piperidine rings is 1. The Morgan fingerprint density at radius 3 is 2.50 bits per heavy atom. The first-order valence-corrected chi connectivity index (χ1v) is 7.56. The second kappa shape index (κ2) is 5.78. The number of hydrogen-bond donors (Lipinski definition) is 1. The van der Waals surface area contributed by atoms with Gasteiger partial charge in [0.25, 0.3) is 0 Å². The predicted molar refractivity (Wildman–Crippen MR) is 75.5 cm³/mol. The van der Waals surface area contributed by atoms with Crippen molar-refractivity contribution in [2.24, 2.45) is 5.92 Å². The summed E-state index contributed by atoms with van der Waals surface area (Å²) in [4.78, 5) is 2.34. The van der Waals surface area contributed by atoms with Gasteiger partial charge in [-0.1, -0.05) is 6.07 Å². The summed E-state index contributed by atoms with van der Waals surface area (Å²) in [5.41, 5.74) is 0.277. The van der Waals surface area contributed by atoms with Crippen LogP contribution in [0.25, 0.3) is 0 Å². The lowest BCUT2D eigenvalue weighted by Gasteiger charge is -2.42. The second-order valence-corrected chi connectivity index (χ2v) is 6.01. The highest BCUT2D eigenvalue weighted by molar-refractivity contribution is 5.25. The molecule has 0 radical (unpaired) electrons. The lowest BCUT2D eigenvalue weighted by molar-refractivity contribution is 0.0791. The van der Waals surface area contributed by atoms with Crippen LogP contribution >= 0.6 is 0 Å². The Morgan fingerprint density at radius 2 is 1.90 bits per heavy atom. The zero-order chi connectivity index (χ0) is 14.1. The number of rotatable bonds is 4. The molecule has 2 nitrogen and oxygen atoms in total. The lowest BCUT2D eigenvalue weighted by atomic mass is 9.83. The van der Waals surface area contributed by atoms with Crippen LogP contribution in [0.5, 0.6) is 0 Å². The summed E-state index contributed by atoms with van der Waals surface area (Å²) in [6.45, 7) is 1.77. The molecule has 1 aromatic rings. The first kappa shape index (κ1) is 14.0. The van der Waals surface area contributed by atoms with E-state index in [-0.39, 0.29) is 17.5 Å². The van der Waals surface area contributed by atoms with Crippen LogP contribution in [0.15, 0.2) is 18.2 Å². The van der Waals surface area contributed by atoms with Crippen molar-refractivity contribution in [1.82, 2.24) is 10.2 Å². The predicted octanol–water partition coefficient (Wildman–Crippen LogP) is 3.10. The van der Waals surface area contributed by atoms with Gasteiger partial charge in [-0.2, -0.15) is 0 Å². The third-order valence-corrected chi connectivity index (χ3v) is 4.57. The minimum absolute atomic E-state index is 0.120. The second-order valence-electron chi connectivity index (χ2n) is 6.01. The van der Waals surface area contributed by atoms with E-state index in [1.54, 1.807) is 0 Å². The Kier molecular flexibility index (Phi) is 4.03. The van der Waals surface area contributed by atoms with Crippen molar-refractivity contribution in [3.05, 3.63) is 35.4 Å². The fraction of sp³-hybridized carbons (Fsp3) is 0.625. The van der Waals surface area contributed by atoms with Crippen LogP contribution in [0.2, 0.25) is 0 Å². The molecule has 1 saturated carbocycles. The van der Waals surface area contributed by atoms with Crippen LogP contribution in [0, 0.1) is 17.6 Å². The highest BCUT2D eigenvalue weighted by Crippen LogP contribution is 2.43. The molecule has 2 aliphatic rings. The average molecular weight is 280 g/mol. The van der Waals surface area contributed by atoms with Gasteiger partial charge >= 0.3 is 0 Å². The summed E-state index contributed by atoms with van der Waals surface area (Å²) < 4.78 is 28.4. The highest BCUT2D eigenvalue weighted by atomic mass is 19.1. The number of nitrogens with one attached hydrogen (secondary N) is 1. The highest BCUT2D eigenvalue weighted by Gasteiger charge is 2.42. The number of halogens is 2. The largest absolute Gasteiger partial charge is 0.319 e. The minimum atomic E-state index is -0.399. The molecule has 1 aromatic carbocycles. The van der Waals surface area contributed by atoms with Gasteiger partial charge in [-0.05, 0) is 63.9 Å². The Hall–Kier alpha value is -1.00. The van der Waals surface area contributed by atoms with Gasteiger partial charge in [-0.15, -0.1) is 0 Å². The average Bonchev–Trinajstić information content (AvgIpc) is 3.24. The van der Waals surface area contributed by atoms with Crippen LogP contribution in [-0.2, 0) is 0 Å². The van der Waals surface area contributed by atoms with E-state index in [1.807, 2.05) is 7.05 Å². The van der Waals surface area contributed by atoms with Gasteiger partial charge in [0.1, 0.15) is 11.6 Å². The molecule has 1 heterocycles. The molecular formula is C16H22F2N2. The fourth-order valence-corrected chi connectivity index (χ4v) is 3.59. The molecule has 0 aromatic heterocycles. The van der Waals surface area contributed by atoms with E-state index in [9.17, 15) is 8.78 Å². The quantitative estimate of drug-likeness (QED) is 0.911. The lowest BCUT2D eigenvalue weighted by Crippen LogP contribution is -2.44. The van der Waals surface area contributed by atoms with E-state index in [0.717, 1.165) is 25.9 Å². The molecule has 0 spiro atoms. The molecule has 4 heteroatoms. The first-order valence-electron chi connectivity index (χ1n) is 7.56. The molecule has 1 saturated heterocycles. The van der Waals surface area contributed by atoms with Gasteiger partial charge in [-0.3, -0.25) is 4.90 Å². The van der Waals surface area contributed by atoms with Crippen LogP contribution in [-0.4, -0.2) is 31.1 Å². The van der Waals surface area contributed by atoms with Crippen LogP contribution in [0.1, 0.15) is 37.3 Å². The van der Waals surface area contributed by atoms with Crippen molar-refractivity contribution >= 4 is 0 Å². The van der Waals surface area contributed by atoms with Gasteiger partial charge in [0.05, 0.1) is 0 Å². The maximum atomic E-state index is 14.2. The van der Waals surface area contributed by atoms with E-state index in [4.69, 9.17) is 0 Å². The van der Waals surface area contributed by atoms with Gasteiger partial charge in [0.2, 0.25) is 0 Å². The van der Waals surface area contributed by atoms with Gasteiger partial charge in [-0.25, -0.2) is 8.78 Å². The van der Waals surface area contributed by atoms with E-state index in [2.05, 4.69) is 10.2 Å². The summed E-state index contributed by atoms with van der Waals surface area (Å²) in [7, 11) is 1.91. The monoisotopic (exact) mass is 280 g/mol. The summed E-state index contributed by atoms with van der Waals surface area (Å²) in [5.74, 6) is -0.520. The normalized spacial score (nSPS) is 27.8. The third-order valence-electron chi connectivity index (χ3n) is 4.57. The maximum absolute atomic E-state index is 14.2. The fourth-order valence-electron chi connectivity index (χ4n) is 3.59. The molecule has 1 aliphatic heterocycles. The van der Waals surface area contributed by atoms with Crippen molar-refractivity contribution in [3.8, 4) is 0 Å². The molecule has 110 valence electrons. The van der Waals surface area contributed by atoms with E-state index >= 15 is 0 Å². The summed E-state index contributed by atoms with van der Waals surface area (Å²) in [5, 5.41) is 3.18. The first-order chi connectivity index (χ1) is 9.72. The van der Waals surface area contributed by atoms with Gasteiger partial charge in [0, 0.05) is 17.6 Å². The molecule has 2 unspecified atom stereocenters. The number of benzene rings is 1. The SMILES string of the molecule is CNCC1CCCN(C2CC2)C1c1c(F)cccc1F. The Bertz CT molecular complexity index is 451. The van der Waals surface area contributed by atoms with Crippen molar-refractivity contribution in [3.63, 3.8) is 0 Å². The van der Waals surface area contributed by atoms with Gasteiger partial charge < -0.3 is 5.32 Å². The van der Waals surface area contributed by atoms with Crippen molar-refractivity contribution in [2.45, 2.75) is 37.8 Å². The van der Waals surface area contributed by atoms with Crippen LogP contribution in [0.3, 0.4) is 0 Å². The van der Waals surface area contributed by atoms with Crippen molar-refractivity contribution in [1.29, 1.82) is 0 Å². The molecule has 0 bridgehead atoms. The summed E-state index contributed by atoms with van der Waals surface area (Å²) >= 11 is 0. The number of nitrogens with zero attached hydrogens (tertiary/aromatic N) is 1. The molecular weight excluding hydrogens is 258 g/mol. The number of hydrogen-bond acceptors (Lipinski definition) is 2. The molecule has 3 rings (SSSR count). The molecule has 20 heavy (non-hydrogen) atoms. The smallest absolute Gasteiger partial charge is 0.130 e. The standard InChI is InChI=1S/C16H22F2N2/c1-19-10-11-4-3-9-20(12-7-8-12)16(11)15-13(17)5-2-6-14(15)18/h2,5-6,11-12,16,19H,3-4,7-10H2,1H3. The van der Waals surface area contributed by atoms with E-state index in [0.29, 0.717) is 6.04 Å². The third kappa shape index (κ3) is 2.59. The zero-order valence-corrected chi connectivity index (χ0v) is 11.9. The van der Waals surface area contributed by atoms with Crippen molar-refractivity contribution < 1.29 is 8.78 Å². The summed E-state index contributed by atoms with van der Waals surface area (Å²) in [6, 6.07) is 4.62. The van der Waals surface area contributed by atoms with Gasteiger partial charge in [0.15, 0.2) is 0 Å². The van der Waals surface area contributed by atoms with Crippen LogP contribution < -0.4 is 5.32 Å². The Balaban J connectivity index is 1.98. The maximum Gasteiger partial charge on any atom is 0.130 e. The van der Waals surface area contributed by atoms with Crippen LogP contribution in [0.4, 0.5) is 8.78 Å². The number of likely N-dealkylation sites (tertiary alicyclic amines) is 1. The van der Waals surface area contributed by atoms with Crippen molar-refractivity contribution in [2.75, 3.05) is 20.1 Å². The Labute approximate surface area is 119 Å². The Morgan fingerprint density at radius 1 is 1.20 bits per heavy atom. The zero-order valence-electron chi connectivity index (χ0n) is 11.9. The van der Waals surface area contributed by atoms with E-state index in [1.165, 1.54) is 31.0 Å². The summed E-state index contributed by atoms with van der Waals surface area (Å²) in [6.07, 6.45) is 4.48. The topological polar surface area (TPSA) is 15.3 Å². The molecule has 1 aliphatic carbocycles.